The first-order valence-corrected chi connectivity index (χ1v) is 11.4. The second kappa shape index (κ2) is 8.86. The van der Waals surface area contributed by atoms with Crippen molar-refractivity contribution in [3.8, 4) is 5.75 Å². The maximum Gasteiger partial charge on any atom is 0.252 e. The van der Waals surface area contributed by atoms with E-state index in [4.69, 9.17) is 4.74 Å². The minimum atomic E-state index is -3.44. The summed E-state index contributed by atoms with van der Waals surface area (Å²) >= 11 is 1.17. The molecule has 0 spiro atoms. The van der Waals surface area contributed by atoms with Crippen LogP contribution in [0.5, 0.6) is 5.75 Å². The number of nitrogens with one attached hydrogen (secondary N) is 1. The number of nitrogens with zero attached hydrogens (tertiary/aromatic N) is 1. The minimum Gasteiger partial charge on any atom is -0.494 e. The summed E-state index contributed by atoms with van der Waals surface area (Å²) in [6.07, 6.45) is 3.03. The van der Waals surface area contributed by atoms with Gasteiger partial charge in [-0.25, -0.2) is 8.42 Å². The van der Waals surface area contributed by atoms with Crippen LogP contribution in [0.4, 0.5) is 5.69 Å². The Kier molecular flexibility index (Phi) is 6.51. The summed E-state index contributed by atoms with van der Waals surface area (Å²) in [6, 6.07) is 10.5. The average Bonchev–Trinajstić information content (AvgIpc) is 3.13. The Balaban J connectivity index is 1.60. The number of carbonyl (C=O) groups excluding carboxylic acids is 1. The molecule has 3 rings (SSSR count). The number of hydrogen-bond donors (Lipinski definition) is 1. The molecule has 1 aromatic heterocycles. The average molecular weight is 409 g/mol. The summed E-state index contributed by atoms with van der Waals surface area (Å²) < 4.78 is 32.6. The summed E-state index contributed by atoms with van der Waals surface area (Å²) in [6.45, 7) is 3.66. The second-order valence-corrected chi connectivity index (χ2v) is 9.70. The van der Waals surface area contributed by atoms with Gasteiger partial charge in [0, 0.05) is 23.7 Å². The Bertz CT molecular complexity index is 869. The van der Waals surface area contributed by atoms with E-state index in [0.29, 0.717) is 29.6 Å². The van der Waals surface area contributed by atoms with Crippen LogP contribution in [-0.2, 0) is 21.2 Å². The van der Waals surface area contributed by atoms with Gasteiger partial charge in [0.1, 0.15) is 9.96 Å². The Morgan fingerprint density at radius 2 is 1.81 bits per heavy atom. The standard InChI is InChI=1S/C19H24N2O4S2/c1-2-25-16-8-6-15(7-9-16)20-18(22)14-17-10-11-19(26-17)27(23,24)21-12-4-3-5-13-21/h6-11H,2-5,12-14H2,1H3,(H,20,22). The predicted molar refractivity (Wildman–Crippen MR) is 107 cm³/mol. The van der Waals surface area contributed by atoms with Gasteiger partial charge < -0.3 is 10.1 Å². The molecule has 8 heteroatoms. The van der Waals surface area contributed by atoms with Gasteiger partial charge in [0.25, 0.3) is 10.0 Å². The molecule has 0 radical (unpaired) electrons. The summed E-state index contributed by atoms with van der Waals surface area (Å²) in [5, 5.41) is 2.82. The fourth-order valence-corrected chi connectivity index (χ4v) is 6.01. The van der Waals surface area contributed by atoms with Crippen molar-refractivity contribution in [2.45, 2.75) is 36.8 Å². The Hall–Kier alpha value is -1.90. The normalized spacial score (nSPS) is 15.4. The van der Waals surface area contributed by atoms with Crippen molar-refractivity contribution in [3.63, 3.8) is 0 Å². The first kappa shape index (κ1) is 19.9. The monoisotopic (exact) mass is 408 g/mol. The summed E-state index contributed by atoms with van der Waals surface area (Å²) in [5.74, 6) is 0.573. The number of hydrogen-bond acceptors (Lipinski definition) is 5. The number of ether oxygens (including phenoxy) is 1. The molecule has 1 fully saturated rings. The van der Waals surface area contributed by atoms with Gasteiger partial charge in [-0.2, -0.15) is 4.31 Å². The van der Waals surface area contributed by atoms with Crippen LogP contribution in [0.25, 0.3) is 0 Å². The Morgan fingerprint density at radius 3 is 2.48 bits per heavy atom. The second-order valence-electron chi connectivity index (χ2n) is 6.37. The summed E-state index contributed by atoms with van der Waals surface area (Å²) in [7, 11) is -3.44. The van der Waals surface area contributed by atoms with E-state index in [1.54, 1.807) is 40.7 Å². The van der Waals surface area contributed by atoms with E-state index in [0.717, 1.165) is 29.9 Å². The van der Waals surface area contributed by atoms with Gasteiger partial charge in [-0.1, -0.05) is 6.42 Å². The van der Waals surface area contributed by atoms with E-state index >= 15 is 0 Å². The zero-order chi connectivity index (χ0) is 19.3. The topological polar surface area (TPSA) is 75.7 Å². The van der Waals surface area contributed by atoms with E-state index in [2.05, 4.69) is 5.32 Å². The van der Waals surface area contributed by atoms with Gasteiger partial charge in [0.15, 0.2) is 0 Å². The molecule has 0 saturated carbocycles. The highest BCUT2D eigenvalue weighted by molar-refractivity contribution is 7.91. The molecule has 0 aliphatic carbocycles. The SMILES string of the molecule is CCOc1ccc(NC(=O)Cc2ccc(S(=O)(=O)N3CCCCC3)s2)cc1. The van der Waals surface area contributed by atoms with Crippen LogP contribution in [-0.4, -0.2) is 38.3 Å². The predicted octanol–water partition coefficient (Wildman–Crippen LogP) is 3.50. The third-order valence-corrected chi connectivity index (χ3v) is 7.78. The smallest absolute Gasteiger partial charge is 0.252 e. The van der Waals surface area contributed by atoms with Gasteiger partial charge in [0.05, 0.1) is 13.0 Å². The van der Waals surface area contributed by atoms with Crippen molar-refractivity contribution in [3.05, 3.63) is 41.3 Å². The number of benzene rings is 1. The number of rotatable bonds is 7. The van der Waals surface area contributed by atoms with Crippen molar-refractivity contribution in [1.29, 1.82) is 0 Å². The molecule has 0 unspecified atom stereocenters. The summed E-state index contributed by atoms with van der Waals surface area (Å²) in [4.78, 5) is 13.0. The number of carbonyl (C=O) groups is 1. The van der Waals surface area contributed by atoms with Crippen molar-refractivity contribution >= 4 is 33.0 Å². The van der Waals surface area contributed by atoms with Gasteiger partial charge in [-0.05, 0) is 56.2 Å². The van der Waals surface area contributed by atoms with E-state index in [-0.39, 0.29) is 12.3 Å². The van der Waals surface area contributed by atoms with Gasteiger partial charge >= 0.3 is 0 Å². The van der Waals surface area contributed by atoms with Crippen LogP contribution in [0.2, 0.25) is 0 Å². The van der Waals surface area contributed by atoms with Crippen LogP contribution < -0.4 is 10.1 Å². The van der Waals surface area contributed by atoms with Crippen LogP contribution in [0.1, 0.15) is 31.1 Å². The lowest BCUT2D eigenvalue weighted by molar-refractivity contribution is -0.115. The van der Waals surface area contributed by atoms with Crippen molar-refractivity contribution in [2.75, 3.05) is 25.0 Å². The lowest BCUT2D eigenvalue weighted by Gasteiger charge is -2.25. The lowest BCUT2D eigenvalue weighted by atomic mass is 10.2. The zero-order valence-electron chi connectivity index (χ0n) is 15.3. The third kappa shape index (κ3) is 5.09. The van der Waals surface area contributed by atoms with E-state index in [1.165, 1.54) is 11.3 Å². The molecule has 6 nitrogen and oxygen atoms in total. The number of thiophene rings is 1. The third-order valence-electron chi connectivity index (χ3n) is 4.33. The first-order valence-electron chi connectivity index (χ1n) is 9.10. The van der Waals surface area contributed by atoms with Crippen molar-refractivity contribution < 1.29 is 17.9 Å². The molecule has 1 aliphatic rings. The fraction of sp³-hybridized carbons (Fsp3) is 0.421. The van der Waals surface area contributed by atoms with E-state index in [9.17, 15) is 13.2 Å². The highest BCUT2D eigenvalue weighted by Gasteiger charge is 2.27. The number of sulfonamides is 1. The zero-order valence-corrected chi connectivity index (χ0v) is 16.9. The molecule has 0 atom stereocenters. The van der Waals surface area contributed by atoms with Crippen LogP contribution >= 0.6 is 11.3 Å². The highest BCUT2D eigenvalue weighted by atomic mass is 32.2. The molecular formula is C19H24N2O4S2. The van der Waals surface area contributed by atoms with Crippen molar-refractivity contribution in [2.24, 2.45) is 0 Å². The minimum absolute atomic E-state index is 0.146. The van der Waals surface area contributed by atoms with Gasteiger partial charge in [-0.15, -0.1) is 11.3 Å². The summed E-state index contributed by atoms with van der Waals surface area (Å²) in [5.41, 5.74) is 0.682. The van der Waals surface area contributed by atoms with E-state index in [1.807, 2.05) is 6.92 Å². The fourth-order valence-electron chi connectivity index (χ4n) is 2.99. The molecule has 2 aromatic rings. The van der Waals surface area contributed by atoms with Crippen molar-refractivity contribution in [1.82, 2.24) is 4.31 Å². The molecule has 1 N–H and O–H groups in total. The molecule has 1 aromatic carbocycles. The first-order chi connectivity index (χ1) is 13.0. The number of piperidine rings is 1. The largest absolute Gasteiger partial charge is 0.494 e. The maximum absolute atomic E-state index is 12.7. The highest BCUT2D eigenvalue weighted by Crippen LogP contribution is 2.27. The van der Waals surface area contributed by atoms with E-state index < -0.39 is 10.0 Å². The number of amides is 1. The molecule has 1 aliphatic heterocycles. The Morgan fingerprint density at radius 1 is 1.11 bits per heavy atom. The van der Waals surface area contributed by atoms with Gasteiger partial charge in [0.2, 0.25) is 5.91 Å². The quantitative estimate of drug-likeness (QED) is 0.761. The molecule has 2 heterocycles. The molecule has 146 valence electrons. The van der Waals surface area contributed by atoms with Crippen LogP contribution in [0.15, 0.2) is 40.6 Å². The molecule has 1 saturated heterocycles. The molecule has 27 heavy (non-hydrogen) atoms. The Labute approximate surface area is 164 Å². The van der Waals surface area contributed by atoms with Crippen LogP contribution in [0.3, 0.4) is 0 Å². The van der Waals surface area contributed by atoms with Gasteiger partial charge in [-0.3, -0.25) is 4.79 Å². The molecular weight excluding hydrogens is 384 g/mol. The lowest BCUT2D eigenvalue weighted by Crippen LogP contribution is -2.35. The maximum atomic E-state index is 12.7. The molecule has 1 amide bonds. The van der Waals surface area contributed by atoms with Crippen LogP contribution in [0, 0.1) is 0 Å². The number of anilines is 1. The molecule has 0 bridgehead atoms.